The summed E-state index contributed by atoms with van der Waals surface area (Å²) in [5.41, 5.74) is 2.28. The van der Waals surface area contributed by atoms with E-state index in [-0.39, 0.29) is 0 Å². The molecule has 0 fully saturated rings. The second kappa shape index (κ2) is 5.92. The molecule has 0 unspecified atom stereocenters. The molecule has 1 N–H and O–H groups in total. The molecule has 0 spiro atoms. The highest BCUT2D eigenvalue weighted by atomic mass is 35.5. The first-order valence-electron chi connectivity index (χ1n) is 7.14. The van der Waals surface area contributed by atoms with Gasteiger partial charge in [0.15, 0.2) is 0 Å². The molecule has 0 radical (unpaired) electrons. The quantitative estimate of drug-likeness (QED) is 0.711. The number of hydrogen-bond donors (Lipinski definition) is 1. The Morgan fingerprint density at radius 2 is 1.76 bits per heavy atom. The molecule has 0 amide bonds. The Morgan fingerprint density at radius 1 is 1.00 bits per heavy atom. The van der Waals surface area contributed by atoms with Crippen LogP contribution < -0.4 is 5.32 Å². The molecule has 0 bridgehead atoms. The molecule has 0 aliphatic rings. The molecule has 0 saturated carbocycles. The van der Waals surface area contributed by atoms with Crippen molar-refractivity contribution in [3.63, 3.8) is 0 Å². The Kier molecular flexibility index (Phi) is 4.00. The van der Waals surface area contributed by atoms with Crippen LogP contribution in [0.5, 0.6) is 0 Å². The number of rotatable bonds is 4. The van der Waals surface area contributed by atoms with Crippen LogP contribution in [0.15, 0.2) is 53.1 Å². The highest BCUT2D eigenvalue weighted by Crippen LogP contribution is 2.35. The standard InChI is InChI=1S/C18H18ClNO/c1-12(2)20-11-18-16(9-10-21-18)14-7-8-17(19)15-6-4-3-5-13(14)15/h3-10,12,20H,11H2,1-2H3. The van der Waals surface area contributed by atoms with Crippen molar-refractivity contribution in [3.05, 3.63) is 59.5 Å². The van der Waals surface area contributed by atoms with Crippen molar-refractivity contribution in [2.75, 3.05) is 0 Å². The Bertz CT molecular complexity index is 761. The minimum Gasteiger partial charge on any atom is -0.467 e. The van der Waals surface area contributed by atoms with E-state index >= 15 is 0 Å². The van der Waals surface area contributed by atoms with Crippen molar-refractivity contribution >= 4 is 22.4 Å². The number of halogens is 1. The number of nitrogens with one attached hydrogen (secondary N) is 1. The molecule has 3 heteroatoms. The summed E-state index contributed by atoms with van der Waals surface area (Å²) in [6.45, 7) is 4.97. The molecular weight excluding hydrogens is 282 g/mol. The average molecular weight is 300 g/mol. The number of benzene rings is 2. The van der Waals surface area contributed by atoms with E-state index < -0.39 is 0 Å². The lowest BCUT2D eigenvalue weighted by atomic mass is 9.98. The summed E-state index contributed by atoms with van der Waals surface area (Å²) in [5, 5.41) is 6.40. The summed E-state index contributed by atoms with van der Waals surface area (Å²) in [6, 6.07) is 14.7. The van der Waals surface area contributed by atoms with E-state index in [9.17, 15) is 0 Å². The third-order valence-corrected chi connectivity index (χ3v) is 3.91. The molecule has 1 heterocycles. The van der Waals surface area contributed by atoms with E-state index in [1.807, 2.05) is 30.3 Å². The Hall–Kier alpha value is -1.77. The fourth-order valence-corrected chi connectivity index (χ4v) is 2.74. The molecule has 108 valence electrons. The monoisotopic (exact) mass is 299 g/mol. The van der Waals surface area contributed by atoms with Crippen LogP contribution in [0.4, 0.5) is 0 Å². The van der Waals surface area contributed by atoms with Gasteiger partial charge >= 0.3 is 0 Å². The minimum atomic E-state index is 0.421. The van der Waals surface area contributed by atoms with Gasteiger partial charge in [0.25, 0.3) is 0 Å². The van der Waals surface area contributed by atoms with Crippen LogP contribution in [0.1, 0.15) is 19.6 Å². The lowest BCUT2D eigenvalue weighted by molar-refractivity contribution is 0.466. The maximum atomic E-state index is 6.30. The number of furan rings is 1. The molecular formula is C18H18ClNO. The van der Waals surface area contributed by atoms with Gasteiger partial charge in [-0.25, -0.2) is 0 Å². The Morgan fingerprint density at radius 3 is 2.52 bits per heavy atom. The molecule has 0 aliphatic carbocycles. The fourth-order valence-electron chi connectivity index (χ4n) is 2.51. The van der Waals surface area contributed by atoms with Crippen LogP contribution in [-0.4, -0.2) is 6.04 Å². The molecule has 1 aromatic heterocycles. The zero-order valence-corrected chi connectivity index (χ0v) is 12.9. The van der Waals surface area contributed by atoms with Crippen molar-refractivity contribution in [1.29, 1.82) is 0 Å². The summed E-state index contributed by atoms with van der Waals surface area (Å²) in [6.07, 6.45) is 1.75. The second-order valence-electron chi connectivity index (χ2n) is 5.43. The summed E-state index contributed by atoms with van der Waals surface area (Å²) in [7, 11) is 0. The normalized spacial score (nSPS) is 11.4. The third-order valence-electron chi connectivity index (χ3n) is 3.58. The first kappa shape index (κ1) is 14.2. The van der Waals surface area contributed by atoms with Crippen LogP contribution in [0.3, 0.4) is 0 Å². The summed E-state index contributed by atoms with van der Waals surface area (Å²) in [4.78, 5) is 0. The van der Waals surface area contributed by atoms with Gasteiger partial charge in [-0.1, -0.05) is 55.8 Å². The SMILES string of the molecule is CC(C)NCc1occc1-c1ccc(Cl)c2ccccc12. The average Bonchev–Trinajstić information content (AvgIpc) is 2.94. The summed E-state index contributed by atoms with van der Waals surface area (Å²) >= 11 is 6.30. The van der Waals surface area contributed by atoms with Crippen LogP contribution >= 0.6 is 11.6 Å². The Balaban J connectivity index is 2.09. The first-order valence-corrected chi connectivity index (χ1v) is 7.52. The van der Waals surface area contributed by atoms with Crippen molar-refractivity contribution in [3.8, 4) is 11.1 Å². The molecule has 2 nitrogen and oxygen atoms in total. The molecule has 0 aliphatic heterocycles. The maximum Gasteiger partial charge on any atom is 0.125 e. The van der Waals surface area contributed by atoms with Gasteiger partial charge in [0, 0.05) is 22.0 Å². The largest absolute Gasteiger partial charge is 0.467 e. The molecule has 0 saturated heterocycles. The van der Waals surface area contributed by atoms with Gasteiger partial charge in [0.2, 0.25) is 0 Å². The third kappa shape index (κ3) is 2.82. The second-order valence-corrected chi connectivity index (χ2v) is 5.84. The lowest BCUT2D eigenvalue weighted by Gasteiger charge is -2.10. The molecule has 0 atom stereocenters. The van der Waals surface area contributed by atoms with E-state index in [4.69, 9.17) is 16.0 Å². The molecule has 3 rings (SSSR count). The highest BCUT2D eigenvalue weighted by Gasteiger charge is 2.13. The van der Waals surface area contributed by atoms with E-state index in [1.54, 1.807) is 6.26 Å². The van der Waals surface area contributed by atoms with Gasteiger partial charge in [-0.15, -0.1) is 0 Å². The van der Waals surface area contributed by atoms with E-state index in [2.05, 4.69) is 31.3 Å². The van der Waals surface area contributed by atoms with Crippen molar-refractivity contribution in [2.45, 2.75) is 26.4 Å². The number of hydrogen-bond acceptors (Lipinski definition) is 2. The fraction of sp³-hybridized carbons (Fsp3) is 0.222. The van der Waals surface area contributed by atoms with E-state index in [1.165, 1.54) is 0 Å². The molecule has 21 heavy (non-hydrogen) atoms. The van der Waals surface area contributed by atoms with Gasteiger partial charge in [-0.2, -0.15) is 0 Å². The van der Waals surface area contributed by atoms with Gasteiger partial charge in [-0.3, -0.25) is 0 Å². The van der Waals surface area contributed by atoms with Crippen LogP contribution in [0, 0.1) is 0 Å². The van der Waals surface area contributed by atoms with Crippen molar-refractivity contribution in [2.24, 2.45) is 0 Å². The Labute approximate surface area is 129 Å². The molecule has 3 aromatic rings. The highest BCUT2D eigenvalue weighted by molar-refractivity contribution is 6.36. The van der Waals surface area contributed by atoms with E-state index in [0.29, 0.717) is 6.04 Å². The smallest absolute Gasteiger partial charge is 0.125 e. The summed E-state index contributed by atoms with van der Waals surface area (Å²) < 4.78 is 5.65. The zero-order valence-electron chi connectivity index (χ0n) is 12.2. The number of fused-ring (bicyclic) bond motifs is 1. The van der Waals surface area contributed by atoms with Crippen LogP contribution in [0.25, 0.3) is 21.9 Å². The lowest BCUT2D eigenvalue weighted by Crippen LogP contribution is -2.21. The van der Waals surface area contributed by atoms with Crippen molar-refractivity contribution < 1.29 is 4.42 Å². The van der Waals surface area contributed by atoms with Crippen LogP contribution in [0.2, 0.25) is 5.02 Å². The summed E-state index contributed by atoms with van der Waals surface area (Å²) in [5.74, 6) is 0.955. The predicted octanol–water partition coefficient (Wildman–Crippen LogP) is 5.25. The minimum absolute atomic E-state index is 0.421. The van der Waals surface area contributed by atoms with Crippen molar-refractivity contribution in [1.82, 2.24) is 5.32 Å². The topological polar surface area (TPSA) is 25.2 Å². The van der Waals surface area contributed by atoms with Crippen LogP contribution in [-0.2, 0) is 6.54 Å². The van der Waals surface area contributed by atoms with E-state index in [0.717, 1.165) is 39.2 Å². The van der Waals surface area contributed by atoms with Gasteiger partial charge in [0.05, 0.1) is 12.8 Å². The zero-order chi connectivity index (χ0) is 14.8. The van der Waals surface area contributed by atoms with Gasteiger partial charge < -0.3 is 9.73 Å². The van der Waals surface area contributed by atoms with Gasteiger partial charge in [0.1, 0.15) is 5.76 Å². The van der Waals surface area contributed by atoms with Gasteiger partial charge in [-0.05, 0) is 23.1 Å². The molecule has 2 aromatic carbocycles. The predicted molar refractivity (Wildman–Crippen MR) is 88.6 cm³/mol. The first-order chi connectivity index (χ1) is 10.2. The maximum absolute atomic E-state index is 6.30.